The topological polar surface area (TPSA) is 46.3 Å². The average Bonchev–Trinajstić information content (AvgIpc) is 2.76. The Balaban J connectivity index is 2.12. The van der Waals surface area contributed by atoms with Gasteiger partial charge in [-0.25, -0.2) is 0 Å². The number of hydrogen-bond acceptors (Lipinski definition) is 3. The predicted octanol–water partition coefficient (Wildman–Crippen LogP) is 3.37. The summed E-state index contributed by atoms with van der Waals surface area (Å²) in [6.45, 7) is 2.81. The number of benzene rings is 1. The molecule has 2 aromatic rings. The number of thiophene rings is 1. The Bertz CT molecular complexity index is 624. The lowest BCUT2D eigenvalue weighted by molar-refractivity contribution is -0.117. The fraction of sp³-hybridized carbons (Fsp3) is 0.267. The molecule has 5 heteroatoms. The highest BCUT2D eigenvalue weighted by atomic mass is 35.5. The number of anilines is 1. The van der Waals surface area contributed by atoms with Gasteiger partial charge < -0.3 is 10.6 Å². The maximum atomic E-state index is 11.0. The van der Waals surface area contributed by atoms with Gasteiger partial charge >= 0.3 is 0 Å². The van der Waals surface area contributed by atoms with Crippen molar-refractivity contribution in [2.45, 2.75) is 19.9 Å². The number of carbonyl (C=O) groups excluding carboxylic acids is 1. The van der Waals surface area contributed by atoms with Crippen LogP contribution in [0.1, 0.15) is 16.0 Å². The molecule has 2 N–H and O–H groups in total. The molecule has 0 saturated heterocycles. The molecule has 0 bridgehead atoms. The molecular formula is C15H17ClN2OS. The molecule has 0 aliphatic rings. The van der Waals surface area contributed by atoms with Gasteiger partial charge in [-0.15, -0.1) is 11.3 Å². The van der Waals surface area contributed by atoms with Gasteiger partial charge in [-0.2, -0.15) is 0 Å². The van der Waals surface area contributed by atoms with Crippen LogP contribution in [0.2, 0.25) is 4.34 Å². The van der Waals surface area contributed by atoms with E-state index in [2.05, 4.69) is 11.0 Å². The number of aryl methyl sites for hydroxylation is 1. The van der Waals surface area contributed by atoms with Crippen LogP contribution in [0.25, 0.3) is 0 Å². The Kier molecular flexibility index (Phi) is 4.68. The Hall–Kier alpha value is -1.52. The third kappa shape index (κ3) is 3.74. The van der Waals surface area contributed by atoms with Crippen LogP contribution in [0.3, 0.4) is 0 Å². The zero-order valence-electron chi connectivity index (χ0n) is 11.5. The molecule has 0 saturated carbocycles. The number of carbonyl (C=O) groups is 1. The van der Waals surface area contributed by atoms with Gasteiger partial charge in [0.1, 0.15) is 0 Å². The van der Waals surface area contributed by atoms with Crippen LogP contribution in [0.15, 0.2) is 30.3 Å². The Morgan fingerprint density at radius 3 is 2.65 bits per heavy atom. The molecule has 106 valence electrons. The summed E-state index contributed by atoms with van der Waals surface area (Å²) in [5.41, 5.74) is 8.41. The van der Waals surface area contributed by atoms with Gasteiger partial charge in [-0.05, 0) is 42.3 Å². The van der Waals surface area contributed by atoms with Crippen molar-refractivity contribution in [1.82, 2.24) is 0 Å². The quantitative estimate of drug-likeness (QED) is 0.920. The summed E-state index contributed by atoms with van der Waals surface area (Å²) in [5.74, 6) is -0.303. The second-order valence-electron chi connectivity index (χ2n) is 4.82. The Morgan fingerprint density at radius 1 is 1.35 bits per heavy atom. The highest BCUT2D eigenvalue weighted by molar-refractivity contribution is 7.16. The molecule has 0 atom stereocenters. The van der Waals surface area contributed by atoms with E-state index in [0.717, 1.165) is 27.7 Å². The van der Waals surface area contributed by atoms with E-state index in [-0.39, 0.29) is 12.3 Å². The lowest BCUT2D eigenvalue weighted by Gasteiger charge is -2.20. The first-order valence-electron chi connectivity index (χ1n) is 6.29. The van der Waals surface area contributed by atoms with Gasteiger partial charge in [-0.3, -0.25) is 4.79 Å². The summed E-state index contributed by atoms with van der Waals surface area (Å²) in [4.78, 5) is 14.4. The van der Waals surface area contributed by atoms with Crippen LogP contribution in [-0.4, -0.2) is 13.0 Å². The molecule has 0 fully saturated rings. The van der Waals surface area contributed by atoms with Crippen molar-refractivity contribution >= 4 is 34.5 Å². The fourth-order valence-corrected chi connectivity index (χ4v) is 3.21. The zero-order chi connectivity index (χ0) is 14.7. The van der Waals surface area contributed by atoms with Crippen molar-refractivity contribution in [3.05, 3.63) is 50.7 Å². The van der Waals surface area contributed by atoms with Gasteiger partial charge in [0.25, 0.3) is 0 Å². The first kappa shape index (κ1) is 14.9. The molecule has 0 aliphatic heterocycles. The summed E-state index contributed by atoms with van der Waals surface area (Å²) in [6, 6.07) is 10.0. The van der Waals surface area contributed by atoms with Gasteiger partial charge in [-0.1, -0.05) is 17.7 Å². The third-order valence-electron chi connectivity index (χ3n) is 3.15. The second-order valence-corrected chi connectivity index (χ2v) is 6.62. The monoisotopic (exact) mass is 308 g/mol. The lowest BCUT2D eigenvalue weighted by Crippen LogP contribution is -2.17. The average molecular weight is 309 g/mol. The van der Waals surface area contributed by atoms with Gasteiger partial charge in [0.15, 0.2) is 0 Å². The van der Waals surface area contributed by atoms with Crippen molar-refractivity contribution in [1.29, 1.82) is 0 Å². The van der Waals surface area contributed by atoms with E-state index in [9.17, 15) is 4.79 Å². The molecule has 1 amide bonds. The van der Waals surface area contributed by atoms with Crippen LogP contribution in [0.5, 0.6) is 0 Å². The molecule has 2 rings (SSSR count). The standard InChI is InChI=1S/C15H17ClN2OS/c1-10-7-12(4-3-11(10)8-15(17)19)18(2)9-13-5-6-14(16)20-13/h3-7H,8-9H2,1-2H3,(H2,17,19). The highest BCUT2D eigenvalue weighted by Gasteiger charge is 2.08. The Labute approximate surface area is 128 Å². The summed E-state index contributed by atoms with van der Waals surface area (Å²) in [7, 11) is 2.04. The van der Waals surface area contributed by atoms with Crippen molar-refractivity contribution in [3.63, 3.8) is 0 Å². The summed E-state index contributed by atoms with van der Waals surface area (Å²) < 4.78 is 0.807. The highest BCUT2D eigenvalue weighted by Crippen LogP contribution is 2.25. The van der Waals surface area contributed by atoms with Gasteiger partial charge in [0, 0.05) is 17.6 Å². The molecule has 0 aliphatic carbocycles. The van der Waals surface area contributed by atoms with E-state index in [1.165, 1.54) is 4.88 Å². The number of nitrogens with two attached hydrogens (primary N) is 1. The van der Waals surface area contributed by atoms with E-state index >= 15 is 0 Å². The summed E-state index contributed by atoms with van der Waals surface area (Å²) in [6.07, 6.45) is 0.288. The lowest BCUT2D eigenvalue weighted by atomic mass is 10.0. The van der Waals surface area contributed by atoms with Gasteiger partial charge in [0.2, 0.25) is 5.91 Å². The van der Waals surface area contributed by atoms with E-state index < -0.39 is 0 Å². The minimum Gasteiger partial charge on any atom is -0.369 e. The first-order chi connectivity index (χ1) is 9.45. The van der Waals surface area contributed by atoms with Crippen molar-refractivity contribution in [2.24, 2.45) is 5.73 Å². The summed E-state index contributed by atoms with van der Waals surface area (Å²) >= 11 is 7.53. The number of halogens is 1. The third-order valence-corrected chi connectivity index (χ3v) is 4.37. The molecule has 0 spiro atoms. The van der Waals surface area contributed by atoms with Crippen LogP contribution in [-0.2, 0) is 17.8 Å². The van der Waals surface area contributed by atoms with Crippen LogP contribution < -0.4 is 10.6 Å². The van der Waals surface area contributed by atoms with Crippen LogP contribution in [0, 0.1) is 6.92 Å². The molecule has 1 aromatic heterocycles. The van der Waals surface area contributed by atoms with Crippen molar-refractivity contribution in [3.8, 4) is 0 Å². The van der Waals surface area contributed by atoms with Crippen LogP contribution >= 0.6 is 22.9 Å². The number of amides is 1. The minimum atomic E-state index is -0.303. The van der Waals surface area contributed by atoms with Crippen molar-refractivity contribution < 1.29 is 4.79 Å². The zero-order valence-corrected chi connectivity index (χ0v) is 13.1. The molecule has 1 heterocycles. The van der Waals surface area contributed by atoms with E-state index in [0.29, 0.717) is 0 Å². The SMILES string of the molecule is Cc1cc(N(C)Cc2ccc(Cl)s2)ccc1CC(N)=O. The van der Waals surface area contributed by atoms with E-state index in [1.54, 1.807) is 11.3 Å². The summed E-state index contributed by atoms with van der Waals surface area (Å²) in [5, 5.41) is 0. The maximum Gasteiger partial charge on any atom is 0.221 e. The number of primary amides is 1. The van der Waals surface area contributed by atoms with Crippen LogP contribution in [0.4, 0.5) is 5.69 Å². The number of rotatable bonds is 5. The van der Waals surface area contributed by atoms with Gasteiger partial charge in [0.05, 0.1) is 17.3 Å². The largest absolute Gasteiger partial charge is 0.369 e. The Morgan fingerprint density at radius 2 is 2.10 bits per heavy atom. The molecule has 20 heavy (non-hydrogen) atoms. The molecule has 1 aromatic carbocycles. The second kappa shape index (κ2) is 6.29. The molecule has 0 unspecified atom stereocenters. The fourth-order valence-electron chi connectivity index (χ4n) is 2.07. The number of hydrogen-bond donors (Lipinski definition) is 1. The number of nitrogens with zero attached hydrogens (tertiary/aromatic N) is 1. The molecule has 0 radical (unpaired) electrons. The smallest absolute Gasteiger partial charge is 0.221 e. The minimum absolute atomic E-state index is 0.288. The van der Waals surface area contributed by atoms with E-state index in [4.69, 9.17) is 17.3 Å². The van der Waals surface area contributed by atoms with E-state index in [1.807, 2.05) is 38.2 Å². The maximum absolute atomic E-state index is 11.0. The molecular weight excluding hydrogens is 292 g/mol. The predicted molar refractivity (Wildman–Crippen MR) is 85.5 cm³/mol. The van der Waals surface area contributed by atoms with Crippen molar-refractivity contribution in [2.75, 3.05) is 11.9 Å². The molecule has 3 nitrogen and oxygen atoms in total. The normalized spacial score (nSPS) is 10.6. The first-order valence-corrected chi connectivity index (χ1v) is 7.48.